The molecule has 1 aliphatic rings. The Morgan fingerprint density at radius 3 is 2.49 bits per heavy atom. The maximum atomic E-state index is 11.9. The van der Waals surface area contributed by atoms with Gasteiger partial charge in [-0.3, -0.25) is 9.97 Å². The van der Waals surface area contributed by atoms with Crippen molar-refractivity contribution in [2.75, 3.05) is 7.05 Å². The van der Waals surface area contributed by atoms with Gasteiger partial charge in [0.05, 0.1) is 34.3 Å². The van der Waals surface area contributed by atoms with E-state index in [9.17, 15) is 19.8 Å². The molecule has 9 heteroatoms. The summed E-state index contributed by atoms with van der Waals surface area (Å²) < 4.78 is 0. The highest BCUT2D eigenvalue weighted by Crippen LogP contribution is 2.38. The summed E-state index contributed by atoms with van der Waals surface area (Å²) in [5.74, 6) is -2.15. The number of likely N-dealkylation sites (N-methyl/N-ethyl adjacent to an activating group) is 1. The smallest absolute Gasteiger partial charge is 0.335 e. The van der Waals surface area contributed by atoms with Crippen LogP contribution in [0.25, 0.3) is 25.9 Å². The van der Waals surface area contributed by atoms with Crippen LogP contribution in [0.5, 0.6) is 0 Å². The van der Waals surface area contributed by atoms with Gasteiger partial charge in [-0.25, -0.2) is 9.59 Å². The van der Waals surface area contributed by atoms with Crippen molar-refractivity contribution >= 4 is 40.3 Å². The van der Waals surface area contributed by atoms with Crippen molar-refractivity contribution in [2.24, 2.45) is 0 Å². The first-order valence-electron chi connectivity index (χ1n) is 10.6. The van der Waals surface area contributed by atoms with Gasteiger partial charge in [0.2, 0.25) is 0 Å². The summed E-state index contributed by atoms with van der Waals surface area (Å²) in [5, 5.41) is 21.2. The zero-order valence-electron chi connectivity index (χ0n) is 18.5. The van der Waals surface area contributed by atoms with Crippen molar-refractivity contribution in [3.8, 4) is 20.2 Å². The third kappa shape index (κ3) is 4.51. The number of aromatic carboxylic acids is 1. The normalized spacial score (nSPS) is 15.5. The van der Waals surface area contributed by atoms with Gasteiger partial charge in [0.15, 0.2) is 0 Å². The standard InChI is InChI=1S/C26H19N3O4S2/c1-29-20(13-17(26(32)33)14-21(29)19-12-16(25(30)31)7-9-28-19)18-11-15(6-8-27-18)22-4-5-24(35-22)23-3-2-10-34-23/h2-14,21H,1H3,(H,30,31)(H,32,33). The molecule has 0 radical (unpaired) electrons. The molecule has 0 saturated carbocycles. The van der Waals surface area contributed by atoms with Gasteiger partial charge in [0, 0.05) is 34.1 Å². The minimum absolute atomic E-state index is 0.0872. The third-order valence-electron chi connectivity index (χ3n) is 5.68. The third-order valence-corrected chi connectivity index (χ3v) is 7.88. The van der Waals surface area contributed by atoms with E-state index in [0.717, 1.165) is 10.4 Å². The summed E-state index contributed by atoms with van der Waals surface area (Å²) in [6.45, 7) is 0. The number of pyridine rings is 2. The molecular formula is C26H19N3O4S2. The van der Waals surface area contributed by atoms with E-state index in [2.05, 4.69) is 33.5 Å². The molecule has 0 amide bonds. The van der Waals surface area contributed by atoms with Gasteiger partial charge in [-0.15, -0.1) is 22.7 Å². The van der Waals surface area contributed by atoms with Gasteiger partial charge in [-0.05, 0) is 65.6 Å². The van der Waals surface area contributed by atoms with Crippen LogP contribution in [0.15, 0.2) is 84.0 Å². The molecule has 0 aliphatic carbocycles. The number of hydrogen-bond donors (Lipinski definition) is 2. The monoisotopic (exact) mass is 501 g/mol. The first-order chi connectivity index (χ1) is 16.9. The molecule has 4 aromatic heterocycles. The molecule has 1 aliphatic heterocycles. The molecule has 7 nitrogen and oxygen atoms in total. The second-order valence-corrected chi connectivity index (χ2v) is 9.89. The quantitative estimate of drug-likeness (QED) is 0.351. The number of aromatic nitrogens is 2. The Bertz CT molecular complexity index is 1490. The van der Waals surface area contributed by atoms with Gasteiger partial charge in [0.25, 0.3) is 0 Å². The predicted molar refractivity (Wildman–Crippen MR) is 136 cm³/mol. The fraction of sp³-hybridized carbons (Fsp3) is 0.0769. The van der Waals surface area contributed by atoms with E-state index in [-0.39, 0.29) is 11.1 Å². The van der Waals surface area contributed by atoms with Gasteiger partial charge >= 0.3 is 11.9 Å². The molecule has 0 aromatic carbocycles. The van der Waals surface area contributed by atoms with Crippen molar-refractivity contribution in [2.45, 2.75) is 6.04 Å². The summed E-state index contributed by atoms with van der Waals surface area (Å²) in [6, 6.07) is 14.5. The van der Waals surface area contributed by atoms with E-state index in [1.165, 1.54) is 28.1 Å². The van der Waals surface area contributed by atoms with E-state index >= 15 is 0 Å². The predicted octanol–water partition coefficient (Wildman–Crippen LogP) is 5.67. The molecule has 0 spiro atoms. The Labute approximate surface area is 209 Å². The molecule has 174 valence electrons. The number of hydrogen-bond acceptors (Lipinski definition) is 7. The number of carboxylic acids is 2. The lowest BCUT2D eigenvalue weighted by Crippen LogP contribution is -2.27. The van der Waals surface area contributed by atoms with Crippen LogP contribution in [0.2, 0.25) is 0 Å². The summed E-state index contributed by atoms with van der Waals surface area (Å²) in [4.78, 5) is 37.6. The van der Waals surface area contributed by atoms with E-state index in [4.69, 9.17) is 0 Å². The van der Waals surface area contributed by atoms with Gasteiger partial charge in [-0.2, -0.15) is 0 Å². The molecule has 4 aromatic rings. The molecule has 0 bridgehead atoms. The molecular weight excluding hydrogens is 482 g/mol. The van der Waals surface area contributed by atoms with Crippen molar-refractivity contribution < 1.29 is 19.8 Å². The molecule has 0 saturated heterocycles. The van der Waals surface area contributed by atoms with Crippen LogP contribution in [0.4, 0.5) is 0 Å². The summed E-state index contributed by atoms with van der Waals surface area (Å²) in [6.07, 6.45) is 6.27. The molecule has 5 heterocycles. The lowest BCUT2D eigenvalue weighted by molar-refractivity contribution is -0.132. The molecule has 2 N–H and O–H groups in total. The molecule has 35 heavy (non-hydrogen) atoms. The summed E-state index contributed by atoms with van der Waals surface area (Å²) in [5.41, 5.74) is 2.81. The van der Waals surface area contributed by atoms with E-state index in [1.807, 2.05) is 30.1 Å². The van der Waals surface area contributed by atoms with Crippen LogP contribution in [-0.4, -0.2) is 44.1 Å². The van der Waals surface area contributed by atoms with E-state index < -0.39 is 18.0 Å². The summed E-state index contributed by atoms with van der Waals surface area (Å²) in [7, 11) is 1.81. The number of thiophene rings is 2. The van der Waals surface area contributed by atoms with Crippen LogP contribution in [0, 0.1) is 0 Å². The zero-order chi connectivity index (χ0) is 24.5. The Balaban J connectivity index is 1.53. The van der Waals surface area contributed by atoms with Crippen molar-refractivity contribution in [1.82, 2.24) is 14.9 Å². The minimum atomic E-state index is -1.08. The first kappa shape index (κ1) is 22.7. The lowest BCUT2D eigenvalue weighted by Gasteiger charge is -2.33. The average Bonchev–Trinajstić information content (AvgIpc) is 3.56. The highest BCUT2D eigenvalue weighted by Gasteiger charge is 2.28. The largest absolute Gasteiger partial charge is 0.478 e. The topological polar surface area (TPSA) is 104 Å². The number of nitrogens with zero attached hydrogens (tertiary/aromatic N) is 3. The Kier molecular flexibility index (Phi) is 6.02. The van der Waals surface area contributed by atoms with Gasteiger partial charge in [0.1, 0.15) is 0 Å². The number of carboxylic acid groups (broad SMARTS) is 2. The molecule has 1 unspecified atom stereocenters. The average molecular weight is 502 g/mol. The van der Waals surface area contributed by atoms with Gasteiger partial charge in [-0.1, -0.05) is 6.07 Å². The van der Waals surface area contributed by atoms with Crippen molar-refractivity contribution in [3.63, 3.8) is 0 Å². The van der Waals surface area contributed by atoms with Crippen molar-refractivity contribution in [1.29, 1.82) is 0 Å². The van der Waals surface area contributed by atoms with Crippen LogP contribution in [-0.2, 0) is 4.79 Å². The molecule has 5 rings (SSSR count). The maximum Gasteiger partial charge on any atom is 0.335 e. The minimum Gasteiger partial charge on any atom is -0.478 e. The Morgan fingerprint density at radius 2 is 1.74 bits per heavy atom. The van der Waals surface area contributed by atoms with Crippen LogP contribution in [0.1, 0.15) is 27.8 Å². The number of aliphatic carboxylic acids is 1. The van der Waals surface area contributed by atoms with Crippen LogP contribution in [0.3, 0.4) is 0 Å². The second kappa shape index (κ2) is 9.28. The first-order valence-corrected chi connectivity index (χ1v) is 12.3. The Morgan fingerprint density at radius 1 is 0.943 bits per heavy atom. The zero-order valence-corrected chi connectivity index (χ0v) is 20.1. The fourth-order valence-corrected chi connectivity index (χ4v) is 5.75. The molecule has 0 fully saturated rings. The molecule has 1 atom stereocenters. The SMILES string of the molecule is CN1C(c2cc(-c3ccc(-c4cccs4)s3)ccn2)=CC(C(=O)O)=CC1c1cc(C(=O)O)ccn1. The summed E-state index contributed by atoms with van der Waals surface area (Å²) >= 11 is 3.38. The fourth-order valence-electron chi connectivity index (χ4n) is 3.91. The Hall–Kier alpha value is -4.08. The lowest BCUT2D eigenvalue weighted by atomic mass is 9.98. The van der Waals surface area contributed by atoms with E-state index in [0.29, 0.717) is 17.1 Å². The van der Waals surface area contributed by atoms with Crippen LogP contribution >= 0.6 is 22.7 Å². The van der Waals surface area contributed by atoms with Crippen molar-refractivity contribution in [3.05, 3.63) is 101 Å². The van der Waals surface area contributed by atoms with Crippen LogP contribution < -0.4 is 0 Å². The number of rotatable bonds is 6. The number of carbonyl (C=O) groups is 2. The maximum absolute atomic E-state index is 11.9. The van der Waals surface area contributed by atoms with E-state index in [1.54, 1.807) is 41.0 Å². The highest BCUT2D eigenvalue weighted by atomic mass is 32.1. The van der Waals surface area contributed by atoms with Gasteiger partial charge < -0.3 is 15.1 Å². The highest BCUT2D eigenvalue weighted by molar-refractivity contribution is 7.23. The second-order valence-electron chi connectivity index (χ2n) is 7.86.